The van der Waals surface area contributed by atoms with E-state index in [9.17, 15) is 4.79 Å². The molecule has 1 unspecified atom stereocenters. The van der Waals surface area contributed by atoms with Crippen LogP contribution in [0.5, 0.6) is 0 Å². The maximum atomic E-state index is 11.2. The SMILES string of the molecule is CNC(C)C(=O)OCCc1cccs1. The molecule has 0 saturated heterocycles. The minimum Gasteiger partial charge on any atom is -0.464 e. The topological polar surface area (TPSA) is 38.3 Å². The van der Waals surface area contributed by atoms with Gasteiger partial charge in [-0.2, -0.15) is 0 Å². The first-order valence-corrected chi connectivity index (χ1v) is 5.48. The van der Waals surface area contributed by atoms with E-state index in [0.29, 0.717) is 6.61 Å². The lowest BCUT2D eigenvalue weighted by Crippen LogP contribution is -2.32. The molecule has 0 amide bonds. The molecule has 0 aliphatic carbocycles. The molecule has 0 aliphatic rings. The van der Waals surface area contributed by atoms with Crippen molar-refractivity contribution in [1.29, 1.82) is 0 Å². The lowest BCUT2D eigenvalue weighted by atomic mass is 10.3. The molecule has 4 heteroatoms. The Morgan fingerprint density at radius 1 is 1.71 bits per heavy atom. The average molecular weight is 213 g/mol. The molecule has 1 heterocycles. The van der Waals surface area contributed by atoms with E-state index in [1.54, 1.807) is 25.3 Å². The Kier molecular flexibility index (Phi) is 4.62. The lowest BCUT2D eigenvalue weighted by Gasteiger charge is -2.09. The number of hydrogen-bond acceptors (Lipinski definition) is 4. The Hall–Kier alpha value is -0.870. The van der Waals surface area contributed by atoms with Crippen LogP contribution in [0.15, 0.2) is 17.5 Å². The van der Waals surface area contributed by atoms with Gasteiger partial charge in [0.1, 0.15) is 6.04 Å². The Balaban J connectivity index is 2.18. The third kappa shape index (κ3) is 3.47. The summed E-state index contributed by atoms with van der Waals surface area (Å²) < 4.78 is 5.07. The molecular weight excluding hydrogens is 198 g/mol. The predicted octanol–water partition coefficient (Wildman–Crippen LogP) is 1.44. The first-order valence-electron chi connectivity index (χ1n) is 4.60. The number of thiophene rings is 1. The summed E-state index contributed by atoms with van der Waals surface area (Å²) >= 11 is 1.68. The molecule has 3 nitrogen and oxygen atoms in total. The quantitative estimate of drug-likeness (QED) is 0.752. The van der Waals surface area contributed by atoms with E-state index in [-0.39, 0.29) is 12.0 Å². The van der Waals surface area contributed by atoms with Crippen molar-refractivity contribution in [3.8, 4) is 0 Å². The summed E-state index contributed by atoms with van der Waals surface area (Å²) in [7, 11) is 1.74. The molecule has 1 aromatic heterocycles. The highest BCUT2D eigenvalue weighted by Gasteiger charge is 2.10. The summed E-state index contributed by atoms with van der Waals surface area (Å²) in [4.78, 5) is 12.5. The maximum absolute atomic E-state index is 11.2. The average Bonchev–Trinajstić information content (AvgIpc) is 2.69. The van der Waals surface area contributed by atoms with E-state index >= 15 is 0 Å². The van der Waals surface area contributed by atoms with Crippen molar-refractivity contribution in [2.24, 2.45) is 0 Å². The van der Waals surface area contributed by atoms with Crippen LogP contribution in [0.25, 0.3) is 0 Å². The molecule has 1 N–H and O–H groups in total. The van der Waals surface area contributed by atoms with Crippen LogP contribution in [-0.4, -0.2) is 25.7 Å². The second kappa shape index (κ2) is 5.78. The molecule has 0 radical (unpaired) electrons. The van der Waals surface area contributed by atoms with Gasteiger partial charge < -0.3 is 10.1 Å². The largest absolute Gasteiger partial charge is 0.464 e. The third-order valence-electron chi connectivity index (χ3n) is 1.96. The number of carbonyl (C=O) groups excluding carboxylic acids is 1. The zero-order valence-electron chi connectivity index (χ0n) is 8.45. The van der Waals surface area contributed by atoms with Gasteiger partial charge in [-0.3, -0.25) is 4.79 Å². The van der Waals surface area contributed by atoms with Crippen molar-refractivity contribution in [2.75, 3.05) is 13.7 Å². The normalized spacial score (nSPS) is 12.4. The van der Waals surface area contributed by atoms with Gasteiger partial charge in [-0.25, -0.2) is 0 Å². The number of ether oxygens (including phenoxy) is 1. The number of nitrogens with one attached hydrogen (secondary N) is 1. The first-order chi connectivity index (χ1) is 6.74. The molecule has 0 spiro atoms. The number of rotatable bonds is 5. The number of esters is 1. The van der Waals surface area contributed by atoms with Gasteiger partial charge >= 0.3 is 5.97 Å². The van der Waals surface area contributed by atoms with Crippen LogP contribution in [0.3, 0.4) is 0 Å². The molecule has 14 heavy (non-hydrogen) atoms. The predicted molar refractivity (Wildman–Crippen MR) is 57.5 cm³/mol. The van der Waals surface area contributed by atoms with Gasteiger partial charge in [0, 0.05) is 11.3 Å². The molecule has 1 rings (SSSR count). The number of hydrogen-bond donors (Lipinski definition) is 1. The van der Waals surface area contributed by atoms with Gasteiger partial charge in [-0.1, -0.05) is 6.07 Å². The van der Waals surface area contributed by atoms with Crippen LogP contribution >= 0.6 is 11.3 Å². The van der Waals surface area contributed by atoms with Crippen molar-refractivity contribution >= 4 is 17.3 Å². The van der Waals surface area contributed by atoms with Crippen LogP contribution in [0, 0.1) is 0 Å². The van der Waals surface area contributed by atoms with Crippen molar-refractivity contribution in [2.45, 2.75) is 19.4 Å². The maximum Gasteiger partial charge on any atom is 0.322 e. The van der Waals surface area contributed by atoms with E-state index < -0.39 is 0 Å². The highest BCUT2D eigenvalue weighted by atomic mass is 32.1. The summed E-state index contributed by atoms with van der Waals surface area (Å²) in [6.07, 6.45) is 0.805. The molecule has 78 valence electrons. The molecule has 0 aliphatic heterocycles. The Labute approximate surface area is 88.1 Å². The second-order valence-corrected chi connectivity index (χ2v) is 4.04. The van der Waals surface area contributed by atoms with E-state index in [2.05, 4.69) is 5.32 Å². The molecule has 0 aromatic carbocycles. The van der Waals surface area contributed by atoms with E-state index in [4.69, 9.17) is 4.74 Å². The zero-order chi connectivity index (χ0) is 10.4. The van der Waals surface area contributed by atoms with Gasteiger partial charge in [0.2, 0.25) is 0 Å². The minimum atomic E-state index is -0.224. The summed E-state index contributed by atoms with van der Waals surface area (Å²) in [5, 5.41) is 4.86. The molecule has 0 saturated carbocycles. The standard InChI is InChI=1S/C10H15NO2S/c1-8(11-2)10(12)13-6-5-9-4-3-7-14-9/h3-4,7-8,11H,5-6H2,1-2H3. The van der Waals surface area contributed by atoms with Crippen molar-refractivity contribution in [3.63, 3.8) is 0 Å². The van der Waals surface area contributed by atoms with Crippen LogP contribution in [0.4, 0.5) is 0 Å². The minimum absolute atomic E-state index is 0.191. The Morgan fingerprint density at radius 2 is 2.50 bits per heavy atom. The van der Waals surface area contributed by atoms with E-state index in [0.717, 1.165) is 6.42 Å². The lowest BCUT2D eigenvalue weighted by molar-refractivity contribution is -0.145. The smallest absolute Gasteiger partial charge is 0.322 e. The zero-order valence-corrected chi connectivity index (χ0v) is 9.26. The number of likely N-dealkylation sites (N-methyl/N-ethyl adjacent to an activating group) is 1. The fourth-order valence-corrected chi connectivity index (χ4v) is 1.64. The summed E-state index contributed by atoms with van der Waals surface area (Å²) in [6, 6.07) is 3.82. The molecule has 0 fully saturated rings. The van der Waals surface area contributed by atoms with Crippen molar-refractivity contribution in [1.82, 2.24) is 5.32 Å². The molecule has 0 bridgehead atoms. The highest BCUT2D eigenvalue weighted by molar-refractivity contribution is 7.09. The fraction of sp³-hybridized carbons (Fsp3) is 0.500. The Morgan fingerprint density at radius 3 is 3.07 bits per heavy atom. The molecule has 1 aromatic rings. The number of carbonyl (C=O) groups is 1. The third-order valence-corrected chi connectivity index (χ3v) is 2.90. The first kappa shape index (κ1) is 11.2. The fourth-order valence-electron chi connectivity index (χ4n) is 0.950. The van der Waals surface area contributed by atoms with Crippen LogP contribution in [0.1, 0.15) is 11.8 Å². The van der Waals surface area contributed by atoms with Crippen LogP contribution in [-0.2, 0) is 16.0 Å². The van der Waals surface area contributed by atoms with Gasteiger partial charge in [0.25, 0.3) is 0 Å². The van der Waals surface area contributed by atoms with Gasteiger partial charge in [0.15, 0.2) is 0 Å². The summed E-state index contributed by atoms with van der Waals surface area (Å²) in [5.41, 5.74) is 0. The molecular formula is C10H15NO2S. The van der Waals surface area contributed by atoms with Gasteiger partial charge in [-0.15, -0.1) is 11.3 Å². The van der Waals surface area contributed by atoms with Crippen molar-refractivity contribution in [3.05, 3.63) is 22.4 Å². The Bertz CT molecular complexity index is 272. The van der Waals surface area contributed by atoms with Crippen LogP contribution in [0.2, 0.25) is 0 Å². The molecule has 1 atom stereocenters. The van der Waals surface area contributed by atoms with Gasteiger partial charge in [-0.05, 0) is 25.4 Å². The van der Waals surface area contributed by atoms with E-state index in [1.165, 1.54) is 4.88 Å². The summed E-state index contributed by atoms with van der Waals surface area (Å²) in [6.45, 7) is 2.25. The summed E-state index contributed by atoms with van der Waals surface area (Å²) in [5.74, 6) is -0.191. The van der Waals surface area contributed by atoms with Crippen molar-refractivity contribution < 1.29 is 9.53 Å². The van der Waals surface area contributed by atoms with Gasteiger partial charge in [0.05, 0.1) is 6.61 Å². The monoisotopic (exact) mass is 213 g/mol. The highest BCUT2D eigenvalue weighted by Crippen LogP contribution is 2.08. The van der Waals surface area contributed by atoms with E-state index in [1.807, 2.05) is 17.5 Å². The van der Waals surface area contributed by atoms with Crippen LogP contribution < -0.4 is 5.32 Å². The second-order valence-electron chi connectivity index (χ2n) is 3.01.